The van der Waals surface area contributed by atoms with E-state index in [1.807, 2.05) is 0 Å². The summed E-state index contributed by atoms with van der Waals surface area (Å²) < 4.78 is 4.92. The maximum absolute atomic E-state index is 11.4. The second-order valence-electron chi connectivity index (χ2n) is 3.71. The van der Waals surface area contributed by atoms with Crippen LogP contribution in [0.15, 0.2) is 0 Å². The minimum Gasteiger partial charge on any atom is -0.462 e. The third-order valence-electron chi connectivity index (χ3n) is 1.74. The van der Waals surface area contributed by atoms with Crippen LogP contribution < -0.4 is 5.73 Å². The topological polar surface area (TPSA) is 69.4 Å². The van der Waals surface area contributed by atoms with Gasteiger partial charge in [0, 0.05) is 0 Å². The van der Waals surface area contributed by atoms with Gasteiger partial charge in [-0.15, -0.1) is 0 Å². The van der Waals surface area contributed by atoms with Crippen LogP contribution in [0.2, 0.25) is 0 Å². The van der Waals surface area contributed by atoms with Gasteiger partial charge in [0.05, 0.1) is 12.6 Å². The highest BCUT2D eigenvalue weighted by Crippen LogP contribution is 2.19. The molecule has 0 radical (unpaired) electrons. The zero-order valence-corrected chi connectivity index (χ0v) is 8.59. The van der Waals surface area contributed by atoms with E-state index in [1.165, 1.54) is 13.8 Å². The predicted octanol–water partition coefficient (Wildman–Crippen LogP) is 0.492. The molecule has 76 valence electrons. The van der Waals surface area contributed by atoms with Crippen LogP contribution in [0.4, 0.5) is 0 Å². The fourth-order valence-electron chi connectivity index (χ4n) is 0.730. The number of esters is 1. The van der Waals surface area contributed by atoms with E-state index in [1.54, 1.807) is 13.8 Å². The molecule has 0 amide bonds. The van der Waals surface area contributed by atoms with Gasteiger partial charge >= 0.3 is 5.97 Å². The zero-order valence-electron chi connectivity index (χ0n) is 8.59. The van der Waals surface area contributed by atoms with E-state index in [4.69, 9.17) is 10.5 Å². The summed E-state index contributed by atoms with van der Waals surface area (Å²) in [6.45, 7) is 6.38. The third-order valence-corrected chi connectivity index (χ3v) is 1.74. The highest BCUT2D eigenvalue weighted by atomic mass is 16.5. The van der Waals surface area contributed by atoms with Crippen LogP contribution in [-0.2, 0) is 14.3 Å². The average molecular weight is 187 g/mol. The third kappa shape index (κ3) is 3.14. The molecule has 0 fully saturated rings. The van der Waals surface area contributed by atoms with E-state index in [2.05, 4.69) is 0 Å². The van der Waals surface area contributed by atoms with Gasteiger partial charge in [-0.1, -0.05) is 0 Å². The number of carbonyl (C=O) groups is 2. The Bertz CT molecular complexity index is 209. The van der Waals surface area contributed by atoms with E-state index in [0.29, 0.717) is 0 Å². The highest BCUT2D eigenvalue weighted by molar-refractivity contribution is 6.03. The van der Waals surface area contributed by atoms with E-state index >= 15 is 0 Å². The lowest BCUT2D eigenvalue weighted by Crippen LogP contribution is -2.39. The molecular formula is C9H17NO3. The van der Waals surface area contributed by atoms with Gasteiger partial charge in [-0.25, -0.2) is 0 Å². The summed E-state index contributed by atoms with van der Waals surface area (Å²) in [6.07, 6.45) is -0.211. The van der Waals surface area contributed by atoms with Gasteiger partial charge in [0.15, 0.2) is 5.78 Å². The molecule has 0 heterocycles. The van der Waals surface area contributed by atoms with Crippen molar-refractivity contribution in [1.82, 2.24) is 0 Å². The molecule has 0 aromatic heterocycles. The number of hydrogen-bond acceptors (Lipinski definition) is 4. The normalized spacial score (nSPS) is 11.5. The van der Waals surface area contributed by atoms with E-state index in [-0.39, 0.29) is 18.4 Å². The molecule has 0 atom stereocenters. The second-order valence-corrected chi connectivity index (χ2v) is 3.71. The fraction of sp³-hybridized carbons (Fsp3) is 0.778. The first-order valence-corrected chi connectivity index (χ1v) is 4.26. The Morgan fingerprint density at radius 3 is 2.15 bits per heavy atom. The standard InChI is InChI=1S/C9H17NO3/c1-6(2)13-8(12)9(3,4)7(11)5-10/h6H,5,10H2,1-4H3. The van der Waals surface area contributed by atoms with Crippen LogP contribution in [0, 0.1) is 5.41 Å². The minimum atomic E-state index is -1.13. The molecule has 0 unspecified atom stereocenters. The Morgan fingerprint density at radius 2 is 1.85 bits per heavy atom. The first kappa shape index (κ1) is 12.1. The van der Waals surface area contributed by atoms with Crippen molar-refractivity contribution < 1.29 is 14.3 Å². The Kier molecular flexibility index (Phi) is 4.07. The fourth-order valence-corrected chi connectivity index (χ4v) is 0.730. The van der Waals surface area contributed by atoms with Crippen molar-refractivity contribution >= 4 is 11.8 Å². The summed E-state index contributed by atoms with van der Waals surface area (Å²) >= 11 is 0. The molecule has 0 saturated heterocycles. The Labute approximate surface area is 78.4 Å². The van der Waals surface area contributed by atoms with Crippen molar-refractivity contribution in [3.8, 4) is 0 Å². The number of hydrogen-bond donors (Lipinski definition) is 1. The number of ether oxygens (including phenoxy) is 1. The van der Waals surface area contributed by atoms with E-state index < -0.39 is 11.4 Å². The number of Topliss-reactive ketones (excluding diaryl/α,β-unsaturated/α-hetero) is 1. The molecule has 0 rings (SSSR count). The summed E-state index contributed by atoms with van der Waals surface area (Å²) in [6, 6.07) is 0. The average Bonchev–Trinajstić information content (AvgIpc) is 2.01. The van der Waals surface area contributed by atoms with Crippen molar-refractivity contribution in [3.63, 3.8) is 0 Å². The molecule has 0 spiro atoms. The molecule has 0 aliphatic carbocycles. The first-order chi connectivity index (χ1) is 5.82. The molecule has 0 aliphatic heterocycles. The van der Waals surface area contributed by atoms with Crippen LogP contribution in [0.1, 0.15) is 27.7 Å². The lowest BCUT2D eigenvalue weighted by atomic mass is 9.88. The van der Waals surface area contributed by atoms with Crippen molar-refractivity contribution in [1.29, 1.82) is 0 Å². The summed E-state index contributed by atoms with van der Waals surface area (Å²) in [5.74, 6) is -0.823. The largest absolute Gasteiger partial charge is 0.462 e. The SMILES string of the molecule is CC(C)OC(=O)C(C)(C)C(=O)CN. The van der Waals surface area contributed by atoms with E-state index in [9.17, 15) is 9.59 Å². The van der Waals surface area contributed by atoms with Crippen molar-refractivity contribution in [2.24, 2.45) is 11.1 Å². The maximum Gasteiger partial charge on any atom is 0.319 e. The minimum absolute atomic E-state index is 0.139. The summed E-state index contributed by atoms with van der Waals surface area (Å²) in [5, 5.41) is 0. The van der Waals surface area contributed by atoms with Crippen LogP contribution in [0.25, 0.3) is 0 Å². The molecule has 0 aromatic carbocycles. The van der Waals surface area contributed by atoms with Gasteiger partial charge < -0.3 is 10.5 Å². The molecule has 0 aromatic rings. The molecule has 2 N–H and O–H groups in total. The number of rotatable bonds is 4. The lowest BCUT2D eigenvalue weighted by Gasteiger charge is -2.21. The van der Waals surface area contributed by atoms with E-state index in [0.717, 1.165) is 0 Å². The lowest BCUT2D eigenvalue weighted by molar-refractivity contribution is -0.161. The van der Waals surface area contributed by atoms with Crippen LogP contribution in [-0.4, -0.2) is 24.4 Å². The maximum atomic E-state index is 11.4. The molecule has 0 bridgehead atoms. The Morgan fingerprint density at radius 1 is 1.38 bits per heavy atom. The predicted molar refractivity (Wildman–Crippen MR) is 49.1 cm³/mol. The highest BCUT2D eigenvalue weighted by Gasteiger charge is 2.36. The van der Waals surface area contributed by atoms with Gasteiger partial charge in [-0.2, -0.15) is 0 Å². The second kappa shape index (κ2) is 4.37. The molecule has 13 heavy (non-hydrogen) atoms. The quantitative estimate of drug-likeness (QED) is 0.513. The first-order valence-electron chi connectivity index (χ1n) is 4.26. The monoisotopic (exact) mass is 187 g/mol. The van der Waals surface area contributed by atoms with Crippen molar-refractivity contribution in [2.75, 3.05) is 6.54 Å². The van der Waals surface area contributed by atoms with Gasteiger partial charge in [0.25, 0.3) is 0 Å². The van der Waals surface area contributed by atoms with Gasteiger partial charge in [-0.3, -0.25) is 9.59 Å². The number of carbonyl (C=O) groups excluding carboxylic acids is 2. The van der Waals surface area contributed by atoms with Crippen molar-refractivity contribution in [3.05, 3.63) is 0 Å². The smallest absolute Gasteiger partial charge is 0.319 e. The Balaban J connectivity index is 4.45. The van der Waals surface area contributed by atoms with Gasteiger partial charge in [0.1, 0.15) is 5.41 Å². The Hall–Kier alpha value is -0.900. The zero-order chi connectivity index (χ0) is 10.6. The molecule has 4 heteroatoms. The molecule has 4 nitrogen and oxygen atoms in total. The van der Waals surface area contributed by atoms with Gasteiger partial charge in [-0.05, 0) is 27.7 Å². The summed E-state index contributed by atoms with van der Waals surface area (Å²) in [7, 11) is 0. The number of nitrogens with two attached hydrogens (primary N) is 1. The summed E-state index contributed by atoms with van der Waals surface area (Å²) in [5.41, 5.74) is 4.04. The van der Waals surface area contributed by atoms with Crippen molar-refractivity contribution in [2.45, 2.75) is 33.8 Å². The van der Waals surface area contributed by atoms with Crippen LogP contribution >= 0.6 is 0 Å². The number of ketones is 1. The molecule has 0 aliphatic rings. The molecular weight excluding hydrogens is 170 g/mol. The van der Waals surface area contributed by atoms with Crippen LogP contribution in [0.3, 0.4) is 0 Å². The van der Waals surface area contributed by atoms with Crippen LogP contribution in [0.5, 0.6) is 0 Å². The molecule has 0 saturated carbocycles. The summed E-state index contributed by atoms with van der Waals surface area (Å²) in [4.78, 5) is 22.6. The van der Waals surface area contributed by atoms with Gasteiger partial charge in [0.2, 0.25) is 0 Å².